The number of rotatable bonds is 6. The molecule has 140 valence electrons. The van der Waals surface area contributed by atoms with E-state index in [9.17, 15) is 18.0 Å². The van der Waals surface area contributed by atoms with Gasteiger partial charge in [-0.3, -0.25) is 9.48 Å². The number of carbonyl (C=O) groups excluding carboxylic acids is 1. The number of halogens is 4. The molecule has 2 aromatic rings. The molecule has 4 nitrogen and oxygen atoms in total. The Morgan fingerprint density at radius 3 is 2.73 bits per heavy atom. The lowest BCUT2D eigenvalue weighted by Crippen LogP contribution is -2.25. The van der Waals surface area contributed by atoms with Crippen LogP contribution in [0.5, 0.6) is 0 Å². The summed E-state index contributed by atoms with van der Waals surface area (Å²) >= 11 is 5.93. The van der Waals surface area contributed by atoms with Crippen molar-refractivity contribution in [3.05, 3.63) is 51.8 Å². The van der Waals surface area contributed by atoms with E-state index in [-0.39, 0.29) is 23.4 Å². The van der Waals surface area contributed by atoms with Crippen LogP contribution in [0, 0.1) is 6.92 Å². The van der Waals surface area contributed by atoms with Gasteiger partial charge in [0, 0.05) is 24.6 Å². The largest absolute Gasteiger partial charge is 0.436 e. The molecule has 1 aliphatic carbocycles. The second kappa shape index (κ2) is 7.31. The van der Waals surface area contributed by atoms with Gasteiger partial charge in [-0.1, -0.05) is 29.3 Å². The van der Waals surface area contributed by atoms with Crippen molar-refractivity contribution >= 4 is 17.5 Å². The van der Waals surface area contributed by atoms with Crippen molar-refractivity contribution in [2.45, 2.75) is 44.8 Å². The summed E-state index contributed by atoms with van der Waals surface area (Å²) in [5.74, 6) is -0.154. The van der Waals surface area contributed by atoms with Gasteiger partial charge in [-0.15, -0.1) is 0 Å². The molecule has 8 heteroatoms. The first-order chi connectivity index (χ1) is 12.3. The first kappa shape index (κ1) is 18.8. The average molecular weight is 386 g/mol. The Morgan fingerprint density at radius 1 is 1.38 bits per heavy atom. The summed E-state index contributed by atoms with van der Waals surface area (Å²) < 4.78 is 40.4. The number of alkyl halides is 3. The van der Waals surface area contributed by atoms with Gasteiger partial charge in [-0.2, -0.15) is 18.3 Å². The van der Waals surface area contributed by atoms with Gasteiger partial charge in [0.15, 0.2) is 5.69 Å². The molecule has 0 unspecified atom stereocenters. The monoisotopic (exact) mass is 385 g/mol. The van der Waals surface area contributed by atoms with Crippen molar-refractivity contribution in [2.24, 2.45) is 0 Å². The molecule has 0 atom stereocenters. The molecular weight excluding hydrogens is 367 g/mol. The number of aryl methyl sites for hydroxylation is 2. The Balaban J connectivity index is 1.60. The molecule has 1 aliphatic rings. The van der Waals surface area contributed by atoms with E-state index in [1.807, 2.05) is 13.0 Å². The Labute approximate surface area is 154 Å². The Kier molecular flexibility index (Phi) is 5.27. The molecule has 0 spiro atoms. The summed E-state index contributed by atoms with van der Waals surface area (Å²) in [6.07, 6.45) is -2.45. The molecular formula is C18H19ClF3N3O. The fourth-order valence-electron chi connectivity index (χ4n) is 2.87. The van der Waals surface area contributed by atoms with E-state index in [4.69, 9.17) is 11.6 Å². The average Bonchev–Trinajstić information content (AvgIpc) is 3.34. The lowest BCUT2D eigenvalue weighted by Gasteiger charge is -2.08. The Morgan fingerprint density at radius 2 is 2.12 bits per heavy atom. The molecule has 0 aliphatic heterocycles. The number of carbonyl (C=O) groups is 1. The topological polar surface area (TPSA) is 46.9 Å². The summed E-state index contributed by atoms with van der Waals surface area (Å²) in [7, 11) is 0. The molecule has 1 amide bonds. The van der Waals surface area contributed by atoms with Crippen LogP contribution < -0.4 is 5.32 Å². The number of hydrogen-bond donors (Lipinski definition) is 1. The smallest absolute Gasteiger partial charge is 0.352 e. The SMILES string of the molecule is Cc1cccc(C(=O)NCCCn2nc(C(F)(F)F)c(Cl)c2C2CC2)c1. The molecule has 1 N–H and O–H groups in total. The van der Waals surface area contributed by atoms with Crippen LogP contribution in [-0.4, -0.2) is 22.2 Å². The Hall–Kier alpha value is -2.02. The first-order valence-corrected chi connectivity index (χ1v) is 8.83. The van der Waals surface area contributed by atoms with Gasteiger partial charge in [0.05, 0.1) is 10.7 Å². The van der Waals surface area contributed by atoms with Gasteiger partial charge in [-0.25, -0.2) is 0 Å². The van der Waals surface area contributed by atoms with E-state index in [1.54, 1.807) is 18.2 Å². The van der Waals surface area contributed by atoms with E-state index in [0.717, 1.165) is 18.4 Å². The summed E-state index contributed by atoms with van der Waals surface area (Å²) in [5.41, 5.74) is 0.983. The van der Waals surface area contributed by atoms with Crippen LogP contribution >= 0.6 is 11.6 Å². The van der Waals surface area contributed by atoms with Gasteiger partial charge < -0.3 is 5.32 Å². The maximum atomic E-state index is 13.0. The third kappa shape index (κ3) is 4.20. The van der Waals surface area contributed by atoms with E-state index < -0.39 is 11.9 Å². The highest BCUT2D eigenvalue weighted by Crippen LogP contribution is 2.46. The van der Waals surface area contributed by atoms with Gasteiger partial charge in [0.2, 0.25) is 0 Å². The van der Waals surface area contributed by atoms with Crippen LogP contribution in [0.25, 0.3) is 0 Å². The van der Waals surface area contributed by atoms with Crippen LogP contribution in [-0.2, 0) is 12.7 Å². The number of nitrogens with one attached hydrogen (secondary N) is 1. The van der Waals surface area contributed by atoms with E-state index in [2.05, 4.69) is 10.4 Å². The standard InChI is InChI=1S/C18H19ClF3N3O/c1-11-4-2-5-13(10-11)17(26)23-8-3-9-25-15(12-6-7-12)14(19)16(24-25)18(20,21)22/h2,4-5,10,12H,3,6-9H2,1H3,(H,23,26). The maximum Gasteiger partial charge on any atom is 0.436 e. The summed E-state index contributed by atoms with van der Waals surface area (Å²) in [6, 6.07) is 7.20. The van der Waals surface area contributed by atoms with Crippen molar-refractivity contribution in [3.8, 4) is 0 Å². The minimum Gasteiger partial charge on any atom is -0.352 e. The molecule has 3 rings (SSSR count). The van der Waals surface area contributed by atoms with Crippen LogP contribution in [0.4, 0.5) is 13.2 Å². The second-order valence-electron chi connectivity index (χ2n) is 6.52. The van der Waals surface area contributed by atoms with Gasteiger partial charge in [0.1, 0.15) is 0 Å². The van der Waals surface area contributed by atoms with Crippen molar-refractivity contribution in [2.75, 3.05) is 6.54 Å². The second-order valence-corrected chi connectivity index (χ2v) is 6.90. The molecule has 1 heterocycles. The molecule has 0 radical (unpaired) electrons. The van der Waals surface area contributed by atoms with Crippen molar-refractivity contribution in [3.63, 3.8) is 0 Å². The lowest BCUT2D eigenvalue weighted by atomic mass is 10.1. The molecule has 1 aromatic carbocycles. The van der Waals surface area contributed by atoms with Crippen LogP contribution in [0.2, 0.25) is 5.02 Å². The van der Waals surface area contributed by atoms with Gasteiger partial charge in [-0.05, 0) is 38.3 Å². The predicted octanol–water partition coefficient (Wildman–Crippen LogP) is 4.56. The summed E-state index contributed by atoms with van der Waals surface area (Å²) in [6.45, 7) is 2.52. The zero-order valence-electron chi connectivity index (χ0n) is 14.2. The number of aromatic nitrogens is 2. The highest BCUT2D eigenvalue weighted by Gasteiger charge is 2.41. The number of nitrogens with zero attached hydrogens (tertiary/aromatic N) is 2. The highest BCUT2D eigenvalue weighted by atomic mass is 35.5. The molecule has 1 saturated carbocycles. The number of benzene rings is 1. The summed E-state index contributed by atoms with van der Waals surface area (Å²) in [4.78, 5) is 12.1. The van der Waals surface area contributed by atoms with Gasteiger partial charge in [0.25, 0.3) is 5.91 Å². The normalized spacial score (nSPS) is 14.5. The molecule has 1 fully saturated rings. The zero-order valence-corrected chi connectivity index (χ0v) is 15.0. The molecule has 0 saturated heterocycles. The van der Waals surface area contributed by atoms with E-state index in [1.165, 1.54) is 4.68 Å². The van der Waals surface area contributed by atoms with Crippen molar-refractivity contribution in [1.29, 1.82) is 0 Å². The van der Waals surface area contributed by atoms with E-state index in [0.29, 0.717) is 24.2 Å². The maximum absolute atomic E-state index is 13.0. The quantitative estimate of drug-likeness (QED) is 0.741. The van der Waals surface area contributed by atoms with Crippen LogP contribution in [0.15, 0.2) is 24.3 Å². The van der Waals surface area contributed by atoms with Crippen LogP contribution in [0.3, 0.4) is 0 Å². The highest BCUT2D eigenvalue weighted by molar-refractivity contribution is 6.32. The zero-order chi connectivity index (χ0) is 18.9. The number of amides is 1. The molecule has 26 heavy (non-hydrogen) atoms. The Bertz CT molecular complexity index is 812. The van der Waals surface area contributed by atoms with E-state index >= 15 is 0 Å². The summed E-state index contributed by atoms with van der Waals surface area (Å²) in [5, 5.41) is 6.16. The van der Waals surface area contributed by atoms with Crippen molar-refractivity contribution in [1.82, 2.24) is 15.1 Å². The number of hydrogen-bond acceptors (Lipinski definition) is 2. The van der Waals surface area contributed by atoms with Gasteiger partial charge >= 0.3 is 6.18 Å². The van der Waals surface area contributed by atoms with Crippen LogP contribution in [0.1, 0.15) is 52.5 Å². The third-order valence-electron chi connectivity index (χ3n) is 4.28. The lowest BCUT2D eigenvalue weighted by molar-refractivity contribution is -0.141. The predicted molar refractivity (Wildman–Crippen MR) is 92.3 cm³/mol. The fraction of sp³-hybridized carbons (Fsp3) is 0.444. The minimum atomic E-state index is -4.56. The third-order valence-corrected chi connectivity index (χ3v) is 4.65. The molecule has 1 aromatic heterocycles. The van der Waals surface area contributed by atoms with Crippen molar-refractivity contribution < 1.29 is 18.0 Å². The first-order valence-electron chi connectivity index (χ1n) is 8.45. The fourth-order valence-corrected chi connectivity index (χ4v) is 3.27. The minimum absolute atomic E-state index is 0.0491. The molecule has 0 bridgehead atoms.